The predicted octanol–water partition coefficient (Wildman–Crippen LogP) is -1.06. The van der Waals surface area contributed by atoms with Crippen LogP contribution in [0.2, 0.25) is 0 Å². The lowest BCUT2D eigenvalue weighted by Crippen LogP contribution is -2.52. The van der Waals surface area contributed by atoms with Crippen LogP contribution in [-0.4, -0.2) is 43.8 Å². The molecule has 0 radical (unpaired) electrons. The molecule has 0 spiro atoms. The van der Waals surface area contributed by atoms with E-state index in [1.807, 2.05) is 0 Å². The summed E-state index contributed by atoms with van der Waals surface area (Å²) in [5.74, 6) is -0.623. The highest BCUT2D eigenvalue weighted by molar-refractivity contribution is 6.04. The van der Waals surface area contributed by atoms with Crippen molar-refractivity contribution in [3.63, 3.8) is 0 Å². The van der Waals surface area contributed by atoms with Crippen molar-refractivity contribution in [3.8, 4) is 0 Å². The summed E-state index contributed by atoms with van der Waals surface area (Å²) >= 11 is 0. The molecule has 1 atom stereocenters. The monoisotopic (exact) mass is 261 g/mol. The number of fused-ring (bicyclic) bond motifs is 1. The van der Waals surface area contributed by atoms with Crippen molar-refractivity contribution >= 4 is 17.7 Å². The average Bonchev–Trinajstić information content (AvgIpc) is 2.66. The molecule has 1 unspecified atom stereocenters. The standard InChI is InChI=1S/C11H11N5O3/c1-5-12-6-4-16(11(19)9(6)15-14-5)7-2-3-8(17)13-10(7)18/h7H,2-4H2,1H3,(H,13,17,18). The van der Waals surface area contributed by atoms with Crippen LogP contribution in [0, 0.1) is 6.92 Å². The van der Waals surface area contributed by atoms with Crippen LogP contribution in [0.4, 0.5) is 0 Å². The lowest BCUT2D eigenvalue weighted by atomic mass is 10.0. The molecule has 3 rings (SSSR count). The molecular formula is C11H11N5O3. The number of hydrogen-bond acceptors (Lipinski definition) is 6. The van der Waals surface area contributed by atoms with Gasteiger partial charge < -0.3 is 4.90 Å². The summed E-state index contributed by atoms with van der Waals surface area (Å²) in [6, 6.07) is -0.637. The molecule has 19 heavy (non-hydrogen) atoms. The molecule has 1 aromatic heterocycles. The molecular weight excluding hydrogens is 250 g/mol. The number of amides is 3. The number of rotatable bonds is 1. The molecule has 2 aliphatic rings. The summed E-state index contributed by atoms with van der Waals surface area (Å²) in [4.78, 5) is 40.6. The molecule has 8 heteroatoms. The fourth-order valence-corrected chi connectivity index (χ4v) is 2.33. The first-order chi connectivity index (χ1) is 9.06. The highest BCUT2D eigenvalue weighted by atomic mass is 16.2. The lowest BCUT2D eigenvalue weighted by Gasteiger charge is -2.28. The van der Waals surface area contributed by atoms with Gasteiger partial charge in [-0.15, -0.1) is 10.2 Å². The zero-order valence-electron chi connectivity index (χ0n) is 10.2. The van der Waals surface area contributed by atoms with Crippen LogP contribution in [-0.2, 0) is 16.1 Å². The molecule has 0 aliphatic carbocycles. The van der Waals surface area contributed by atoms with Crippen molar-refractivity contribution in [2.75, 3.05) is 0 Å². The third kappa shape index (κ3) is 1.85. The third-order valence-corrected chi connectivity index (χ3v) is 3.23. The van der Waals surface area contributed by atoms with Crippen molar-refractivity contribution in [1.29, 1.82) is 0 Å². The Morgan fingerprint density at radius 2 is 2.05 bits per heavy atom. The van der Waals surface area contributed by atoms with Gasteiger partial charge in [0, 0.05) is 6.42 Å². The summed E-state index contributed by atoms with van der Waals surface area (Å²) in [5, 5.41) is 9.81. The Bertz CT molecular complexity index is 600. The van der Waals surface area contributed by atoms with E-state index in [4.69, 9.17) is 0 Å². The van der Waals surface area contributed by atoms with Gasteiger partial charge in [0.2, 0.25) is 11.8 Å². The van der Waals surface area contributed by atoms with Crippen molar-refractivity contribution in [3.05, 3.63) is 17.2 Å². The molecule has 3 amide bonds. The van der Waals surface area contributed by atoms with E-state index in [1.165, 1.54) is 4.90 Å². The molecule has 2 aliphatic heterocycles. The first kappa shape index (κ1) is 11.7. The van der Waals surface area contributed by atoms with Gasteiger partial charge in [0.25, 0.3) is 5.91 Å². The van der Waals surface area contributed by atoms with E-state index in [9.17, 15) is 14.4 Å². The summed E-state index contributed by atoms with van der Waals surface area (Å²) in [7, 11) is 0. The van der Waals surface area contributed by atoms with E-state index < -0.39 is 11.9 Å². The molecule has 1 aromatic rings. The number of carbonyl (C=O) groups is 3. The zero-order chi connectivity index (χ0) is 13.6. The maximum Gasteiger partial charge on any atom is 0.277 e. The van der Waals surface area contributed by atoms with Crippen LogP contribution in [0.25, 0.3) is 0 Å². The Hall–Kier alpha value is -2.38. The van der Waals surface area contributed by atoms with E-state index in [0.29, 0.717) is 17.9 Å². The third-order valence-electron chi connectivity index (χ3n) is 3.23. The van der Waals surface area contributed by atoms with E-state index in [2.05, 4.69) is 20.5 Å². The summed E-state index contributed by atoms with van der Waals surface area (Å²) in [5.41, 5.74) is 0.720. The molecule has 0 bridgehead atoms. The van der Waals surface area contributed by atoms with Gasteiger partial charge in [0.05, 0.1) is 12.2 Å². The van der Waals surface area contributed by atoms with Crippen molar-refractivity contribution in [2.45, 2.75) is 32.4 Å². The first-order valence-corrected chi connectivity index (χ1v) is 5.91. The van der Waals surface area contributed by atoms with Crippen LogP contribution in [0.5, 0.6) is 0 Å². The first-order valence-electron chi connectivity index (χ1n) is 5.91. The second kappa shape index (κ2) is 4.08. The van der Waals surface area contributed by atoms with Crippen LogP contribution < -0.4 is 5.32 Å². The van der Waals surface area contributed by atoms with Crippen LogP contribution in [0.1, 0.15) is 34.8 Å². The van der Waals surface area contributed by atoms with Gasteiger partial charge in [-0.25, -0.2) is 4.98 Å². The van der Waals surface area contributed by atoms with Gasteiger partial charge in [0.15, 0.2) is 5.69 Å². The minimum absolute atomic E-state index is 0.190. The Kier molecular flexibility index (Phi) is 2.51. The van der Waals surface area contributed by atoms with E-state index in [1.54, 1.807) is 6.92 Å². The molecule has 1 fully saturated rings. The van der Waals surface area contributed by atoms with E-state index in [-0.39, 0.29) is 30.5 Å². The van der Waals surface area contributed by atoms with E-state index >= 15 is 0 Å². The fraction of sp³-hybridized carbons (Fsp3) is 0.455. The van der Waals surface area contributed by atoms with E-state index in [0.717, 1.165) is 0 Å². The molecule has 0 aromatic carbocycles. The molecule has 1 N–H and O–H groups in total. The Labute approximate surface area is 108 Å². The second-order valence-electron chi connectivity index (χ2n) is 4.55. The quantitative estimate of drug-likeness (QED) is 0.646. The van der Waals surface area contributed by atoms with Crippen molar-refractivity contribution < 1.29 is 14.4 Å². The van der Waals surface area contributed by atoms with Crippen LogP contribution >= 0.6 is 0 Å². The predicted molar refractivity (Wildman–Crippen MR) is 60.6 cm³/mol. The number of nitrogens with zero attached hydrogens (tertiary/aromatic N) is 4. The summed E-state index contributed by atoms with van der Waals surface area (Å²) < 4.78 is 0. The van der Waals surface area contributed by atoms with Crippen LogP contribution in [0.15, 0.2) is 0 Å². The van der Waals surface area contributed by atoms with Gasteiger partial charge in [-0.3, -0.25) is 19.7 Å². The SMILES string of the molecule is Cc1nnc2c(n1)CN(C1CCC(=O)NC1=O)C2=O. The molecule has 0 saturated carbocycles. The van der Waals surface area contributed by atoms with Gasteiger partial charge in [-0.05, 0) is 13.3 Å². The average molecular weight is 261 g/mol. The number of piperidine rings is 1. The number of carbonyl (C=O) groups excluding carboxylic acids is 3. The van der Waals surface area contributed by atoms with Gasteiger partial charge in [-0.2, -0.15) is 0 Å². The minimum Gasteiger partial charge on any atom is -0.319 e. The number of aromatic nitrogens is 3. The van der Waals surface area contributed by atoms with Crippen LogP contribution in [0.3, 0.4) is 0 Å². The second-order valence-corrected chi connectivity index (χ2v) is 4.55. The van der Waals surface area contributed by atoms with Gasteiger partial charge in [0.1, 0.15) is 11.9 Å². The maximum absolute atomic E-state index is 12.2. The number of nitrogens with one attached hydrogen (secondary N) is 1. The lowest BCUT2D eigenvalue weighted by molar-refractivity contribution is -0.136. The summed E-state index contributed by atoms with van der Waals surface area (Å²) in [6.07, 6.45) is 0.561. The van der Waals surface area contributed by atoms with Gasteiger partial charge in [-0.1, -0.05) is 0 Å². The molecule has 3 heterocycles. The fourth-order valence-electron chi connectivity index (χ4n) is 2.33. The smallest absolute Gasteiger partial charge is 0.277 e. The van der Waals surface area contributed by atoms with Gasteiger partial charge >= 0.3 is 0 Å². The highest BCUT2D eigenvalue weighted by Crippen LogP contribution is 2.24. The molecule has 98 valence electrons. The Morgan fingerprint density at radius 1 is 1.26 bits per heavy atom. The maximum atomic E-state index is 12.2. The number of aryl methyl sites for hydroxylation is 1. The normalized spacial score (nSPS) is 22.5. The number of hydrogen-bond donors (Lipinski definition) is 1. The van der Waals surface area contributed by atoms with Crippen molar-refractivity contribution in [1.82, 2.24) is 25.4 Å². The topological polar surface area (TPSA) is 105 Å². The highest BCUT2D eigenvalue weighted by Gasteiger charge is 2.40. The molecule has 1 saturated heterocycles. The molecule has 8 nitrogen and oxygen atoms in total. The summed E-state index contributed by atoms with van der Waals surface area (Å²) in [6.45, 7) is 1.92. The Balaban J connectivity index is 1.87. The number of imide groups is 1. The largest absolute Gasteiger partial charge is 0.319 e. The van der Waals surface area contributed by atoms with Crippen molar-refractivity contribution in [2.24, 2.45) is 0 Å². The minimum atomic E-state index is -0.637. The zero-order valence-corrected chi connectivity index (χ0v) is 10.2. The Morgan fingerprint density at radius 3 is 2.79 bits per heavy atom.